The van der Waals surface area contributed by atoms with Gasteiger partial charge in [-0.05, 0) is 31.5 Å². The van der Waals surface area contributed by atoms with Crippen LogP contribution < -0.4 is 0 Å². The Kier molecular flexibility index (Phi) is 7.47. The van der Waals surface area contributed by atoms with Crippen LogP contribution in [-0.4, -0.2) is 86.1 Å². The zero-order valence-electron chi connectivity index (χ0n) is 19.6. The first kappa shape index (κ1) is 24.5. The van der Waals surface area contributed by atoms with Gasteiger partial charge in [0.1, 0.15) is 0 Å². The van der Waals surface area contributed by atoms with Gasteiger partial charge in [0.15, 0.2) is 5.78 Å². The highest BCUT2D eigenvalue weighted by molar-refractivity contribution is 7.89. The Morgan fingerprint density at radius 3 is 2.21 bits per heavy atom. The van der Waals surface area contributed by atoms with Gasteiger partial charge in [-0.15, -0.1) is 0 Å². The van der Waals surface area contributed by atoms with E-state index in [1.807, 2.05) is 37.3 Å². The molecular formula is C25H31N3O5S. The Morgan fingerprint density at radius 1 is 0.941 bits per heavy atom. The van der Waals surface area contributed by atoms with Crippen LogP contribution in [0.3, 0.4) is 0 Å². The number of Topliss-reactive ketones (excluding diaryl/α,β-unsaturated/α-hetero) is 1. The van der Waals surface area contributed by atoms with Crippen molar-refractivity contribution in [2.45, 2.75) is 31.0 Å². The number of ketones is 1. The van der Waals surface area contributed by atoms with Crippen molar-refractivity contribution >= 4 is 21.7 Å². The van der Waals surface area contributed by atoms with E-state index in [9.17, 15) is 18.0 Å². The summed E-state index contributed by atoms with van der Waals surface area (Å²) in [6, 6.07) is 16.0. The van der Waals surface area contributed by atoms with Crippen molar-refractivity contribution < 1.29 is 22.7 Å². The molecule has 2 aliphatic rings. The summed E-state index contributed by atoms with van der Waals surface area (Å²) in [5.74, 6) is -0.107. The Balaban J connectivity index is 1.33. The van der Waals surface area contributed by atoms with E-state index < -0.39 is 10.0 Å². The number of hydrogen-bond donors (Lipinski definition) is 0. The van der Waals surface area contributed by atoms with Crippen LogP contribution in [0.25, 0.3) is 0 Å². The van der Waals surface area contributed by atoms with Crippen molar-refractivity contribution in [3.63, 3.8) is 0 Å². The van der Waals surface area contributed by atoms with Crippen molar-refractivity contribution in [2.24, 2.45) is 0 Å². The second kappa shape index (κ2) is 10.4. The molecule has 2 aliphatic heterocycles. The molecule has 2 heterocycles. The molecule has 8 nitrogen and oxygen atoms in total. The standard InChI is InChI=1S/C25H31N3O5S/c1-19-16-26(17-24(33-19)22-6-4-3-5-7-22)18-25(30)27-12-14-28(15-13-27)34(31,32)23-10-8-21(9-11-23)20(2)29/h3-11,19,24H,12-18H2,1-2H3. The van der Waals surface area contributed by atoms with E-state index in [0.717, 1.165) is 5.56 Å². The summed E-state index contributed by atoms with van der Waals surface area (Å²) in [5.41, 5.74) is 1.57. The summed E-state index contributed by atoms with van der Waals surface area (Å²) in [7, 11) is -3.67. The second-order valence-electron chi connectivity index (χ2n) is 8.91. The normalized spacial score (nSPS) is 22.5. The number of piperazine rings is 1. The van der Waals surface area contributed by atoms with E-state index in [1.165, 1.54) is 35.5 Å². The maximum absolute atomic E-state index is 13.0. The van der Waals surface area contributed by atoms with Crippen molar-refractivity contribution in [3.8, 4) is 0 Å². The molecule has 0 N–H and O–H groups in total. The van der Waals surface area contributed by atoms with Crippen LogP contribution in [0, 0.1) is 0 Å². The molecule has 2 aromatic rings. The molecule has 4 rings (SSSR count). The van der Waals surface area contributed by atoms with Gasteiger partial charge >= 0.3 is 0 Å². The van der Waals surface area contributed by atoms with Gasteiger partial charge in [-0.25, -0.2) is 8.42 Å². The van der Waals surface area contributed by atoms with Gasteiger partial charge in [0, 0.05) is 44.8 Å². The third-order valence-electron chi connectivity index (χ3n) is 6.36. The number of hydrogen-bond acceptors (Lipinski definition) is 6. The monoisotopic (exact) mass is 485 g/mol. The van der Waals surface area contributed by atoms with Crippen LogP contribution in [0.15, 0.2) is 59.5 Å². The third-order valence-corrected chi connectivity index (χ3v) is 8.27. The van der Waals surface area contributed by atoms with Crippen LogP contribution in [0.4, 0.5) is 0 Å². The van der Waals surface area contributed by atoms with Crippen LogP contribution in [0.1, 0.15) is 35.9 Å². The molecular weight excluding hydrogens is 454 g/mol. The van der Waals surface area contributed by atoms with Gasteiger partial charge < -0.3 is 9.64 Å². The molecule has 0 saturated carbocycles. The van der Waals surface area contributed by atoms with E-state index in [2.05, 4.69) is 4.90 Å². The molecule has 34 heavy (non-hydrogen) atoms. The SMILES string of the molecule is CC(=O)c1ccc(S(=O)(=O)N2CCN(C(=O)CN3CC(C)OC(c4ccccc4)C3)CC2)cc1. The predicted molar refractivity (Wildman–Crippen MR) is 128 cm³/mol. The number of ether oxygens (including phenoxy) is 1. The van der Waals surface area contributed by atoms with Crippen LogP contribution in [0.5, 0.6) is 0 Å². The molecule has 182 valence electrons. The van der Waals surface area contributed by atoms with Crippen molar-refractivity contribution in [2.75, 3.05) is 45.8 Å². The largest absolute Gasteiger partial charge is 0.368 e. The fourth-order valence-corrected chi connectivity index (χ4v) is 5.92. The summed E-state index contributed by atoms with van der Waals surface area (Å²) >= 11 is 0. The smallest absolute Gasteiger partial charge is 0.243 e. The van der Waals surface area contributed by atoms with Crippen LogP contribution >= 0.6 is 0 Å². The molecule has 2 atom stereocenters. The van der Waals surface area contributed by atoms with E-state index in [4.69, 9.17) is 4.74 Å². The van der Waals surface area contributed by atoms with Gasteiger partial charge in [0.05, 0.1) is 23.6 Å². The average Bonchev–Trinajstić information content (AvgIpc) is 2.84. The van der Waals surface area contributed by atoms with E-state index in [-0.39, 0.29) is 48.4 Å². The maximum Gasteiger partial charge on any atom is 0.243 e. The fourth-order valence-electron chi connectivity index (χ4n) is 4.50. The number of carbonyl (C=O) groups is 2. The molecule has 0 aromatic heterocycles. The highest BCUT2D eigenvalue weighted by atomic mass is 32.2. The van der Waals surface area contributed by atoms with Gasteiger partial charge in [0.2, 0.25) is 15.9 Å². The van der Waals surface area contributed by atoms with Crippen molar-refractivity contribution in [1.29, 1.82) is 0 Å². The number of sulfonamides is 1. The summed E-state index contributed by atoms with van der Waals surface area (Å²) in [6.07, 6.45) is -0.0581. The number of morpholine rings is 1. The van der Waals surface area contributed by atoms with Crippen LogP contribution in [0.2, 0.25) is 0 Å². The Labute approximate surface area is 201 Å². The predicted octanol–water partition coefficient (Wildman–Crippen LogP) is 2.18. The van der Waals surface area contributed by atoms with Crippen LogP contribution in [-0.2, 0) is 19.6 Å². The minimum Gasteiger partial charge on any atom is -0.368 e. The van der Waals surface area contributed by atoms with Gasteiger partial charge in [0.25, 0.3) is 0 Å². The minimum atomic E-state index is -3.67. The minimum absolute atomic E-state index is 0.00349. The average molecular weight is 486 g/mol. The first-order valence-corrected chi connectivity index (χ1v) is 13.0. The summed E-state index contributed by atoms with van der Waals surface area (Å²) in [6.45, 7) is 6.26. The van der Waals surface area contributed by atoms with E-state index >= 15 is 0 Å². The molecule has 0 aliphatic carbocycles. The molecule has 2 fully saturated rings. The van der Waals surface area contributed by atoms with Crippen molar-refractivity contribution in [1.82, 2.24) is 14.1 Å². The molecule has 0 radical (unpaired) electrons. The molecule has 0 spiro atoms. The first-order valence-electron chi connectivity index (χ1n) is 11.6. The Bertz CT molecular complexity index is 1110. The highest BCUT2D eigenvalue weighted by Gasteiger charge is 2.32. The van der Waals surface area contributed by atoms with E-state index in [1.54, 1.807) is 4.90 Å². The number of rotatable bonds is 6. The number of carbonyl (C=O) groups excluding carboxylic acids is 2. The first-order chi connectivity index (χ1) is 16.2. The van der Waals surface area contributed by atoms with E-state index in [0.29, 0.717) is 31.7 Å². The topological polar surface area (TPSA) is 87.2 Å². The van der Waals surface area contributed by atoms with Gasteiger partial charge in [-0.3, -0.25) is 14.5 Å². The summed E-state index contributed by atoms with van der Waals surface area (Å²) in [5, 5.41) is 0. The molecule has 2 aromatic carbocycles. The highest BCUT2D eigenvalue weighted by Crippen LogP contribution is 2.25. The molecule has 9 heteroatoms. The molecule has 1 amide bonds. The summed E-state index contributed by atoms with van der Waals surface area (Å²) in [4.78, 5) is 28.5. The number of amides is 1. The lowest BCUT2D eigenvalue weighted by atomic mass is 10.1. The van der Waals surface area contributed by atoms with Gasteiger partial charge in [-0.2, -0.15) is 4.31 Å². The second-order valence-corrected chi connectivity index (χ2v) is 10.8. The Morgan fingerprint density at radius 2 is 1.59 bits per heavy atom. The maximum atomic E-state index is 13.0. The molecule has 0 bridgehead atoms. The number of benzene rings is 2. The Hall–Kier alpha value is -2.59. The van der Waals surface area contributed by atoms with Gasteiger partial charge in [-0.1, -0.05) is 42.5 Å². The number of nitrogens with zero attached hydrogens (tertiary/aromatic N) is 3. The zero-order valence-corrected chi connectivity index (χ0v) is 20.4. The van der Waals surface area contributed by atoms with Crippen molar-refractivity contribution in [3.05, 3.63) is 65.7 Å². The lowest BCUT2D eigenvalue weighted by molar-refractivity contribution is -0.137. The fraction of sp³-hybridized carbons (Fsp3) is 0.440. The molecule has 2 unspecified atom stereocenters. The lowest BCUT2D eigenvalue weighted by Gasteiger charge is -2.39. The summed E-state index contributed by atoms with van der Waals surface area (Å²) < 4.78 is 33.5. The lowest BCUT2D eigenvalue weighted by Crippen LogP contribution is -2.54. The third kappa shape index (κ3) is 5.55. The molecule has 2 saturated heterocycles. The quantitative estimate of drug-likeness (QED) is 0.583. The zero-order chi connectivity index (χ0) is 24.3.